The second-order valence-electron chi connectivity index (χ2n) is 5.43. The molecular formula is C12H21NO3. The first-order valence-corrected chi connectivity index (χ1v) is 5.99. The van der Waals surface area contributed by atoms with E-state index in [0.29, 0.717) is 31.1 Å². The van der Waals surface area contributed by atoms with Crippen molar-refractivity contribution in [1.82, 2.24) is 5.32 Å². The minimum absolute atomic E-state index is 0.0543. The van der Waals surface area contributed by atoms with Gasteiger partial charge >= 0.3 is 0 Å². The van der Waals surface area contributed by atoms with Crippen molar-refractivity contribution in [2.24, 2.45) is 5.92 Å². The van der Waals surface area contributed by atoms with Crippen LogP contribution in [0.25, 0.3) is 0 Å². The molecule has 92 valence electrons. The van der Waals surface area contributed by atoms with Gasteiger partial charge in [0.05, 0.1) is 18.8 Å². The third-order valence-electron chi connectivity index (χ3n) is 4.18. The first-order valence-electron chi connectivity index (χ1n) is 5.99. The average Bonchev–Trinajstić information content (AvgIpc) is 2.65. The van der Waals surface area contributed by atoms with Gasteiger partial charge in [-0.2, -0.15) is 0 Å². The average molecular weight is 227 g/mol. The maximum Gasteiger partial charge on any atom is 0.135 e. The van der Waals surface area contributed by atoms with Crippen molar-refractivity contribution in [3.05, 3.63) is 0 Å². The summed E-state index contributed by atoms with van der Waals surface area (Å²) in [5.74, 6) is 0.761. The van der Waals surface area contributed by atoms with Crippen molar-refractivity contribution < 1.29 is 14.6 Å². The largest absolute Gasteiger partial charge is 0.394 e. The van der Waals surface area contributed by atoms with Crippen molar-refractivity contribution in [2.75, 3.05) is 20.3 Å². The summed E-state index contributed by atoms with van der Waals surface area (Å²) in [7, 11) is 1.93. The van der Waals surface area contributed by atoms with Gasteiger partial charge in [0.1, 0.15) is 5.78 Å². The van der Waals surface area contributed by atoms with Crippen LogP contribution in [-0.4, -0.2) is 42.3 Å². The summed E-state index contributed by atoms with van der Waals surface area (Å²) in [5, 5.41) is 12.2. The third-order valence-corrected chi connectivity index (χ3v) is 4.18. The van der Waals surface area contributed by atoms with Crippen LogP contribution in [0.5, 0.6) is 0 Å². The quantitative estimate of drug-likeness (QED) is 0.733. The van der Waals surface area contributed by atoms with E-state index in [-0.39, 0.29) is 17.7 Å². The van der Waals surface area contributed by atoms with E-state index in [1.165, 1.54) is 0 Å². The van der Waals surface area contributed by atoms with Crippen molar-refractivity contribution in [3.8, 4) is 0 Å². The number of Topliss-reactive ketones (excluding diaryl/α,β-unsaturated/α-hetero) is 1. The molecule has 0 amide bonds. The highest BCUT2D eigenvalue weighted by Crippen LogP contribution is 2.51. The fourth-order valence-electron chi connectivity index (χ4n) is 3.56. The number of rotatable bonds is 4. The lowest BCUT2D eigenvalue weighted by atomic mass is 9.90. The van der Waals surface area contributed by atoms with Gasteiger partial charge in [0.25, 0.3) is 0 Å². The van der Waals surface area contributed by atoms with Gasteiger partial charge in [-0.3, -0.25) is 4.79 Å². The van der Waals surface area contributed by atoms with Crippen LogP contribution in [-0.2, 0) is 9.53 Å². The molecule has 0 saturated heterocycles. The lowest BCUT2D eigenvalue weighted by Crippen LogP contribution is -2.44. The van der Waals surface area contributed by atoms with Gasteiger partial charge in [0.15, 0.2) is 0 Å². The molecule has 0 bridgehead atoms. The van der Waals surface area contributed by atoms with E-state index >= 15 is 0 Å². The molecule has 4 heteroatoms. The monoisotopic (exact) mass is 227 g/mol. The number of hydrogen-bond acceptors (Lipinski definition) is 4. The van der Waals surface area contributed by atoms with Crippen molar-refractivity contribution in [1.29, 1.82) is 0 Å². The van der Waals surface area contributed by atoms with Gasteiger partial charge in [-0.15, -0.1) is 0 Å². The molecular weight excluding hydrogens is 206 g/mol. The highest BCUT2D eigenvalue weighted by atomic mass is 16.5. The van der Waals surface area contributed by atoms with Gasteiger partial charge in [-0.25, -0.2) is 0 Å². The number of hydrogen-bond donors (Lipinski definition) is 2. The zero-order valence-corrected chi connectivity index (χ0v) is 10.1. The Bertz CT molecular complexity index is 294. The number of nitrogens with one attached hydrogen (secondary N) is 1. The SMILES string of the molecule is CN[C@]12CC(=O)C[C@H]1CC(C)(OCCO)C2. The fourth-order valence-corrected chi connectivity index (χ4v) is 3.56. The number of carbonyl (C=O) groups excluding carboxylic acids is 1. The highest BCUT2D eigenvalue weighted by Gasteiger charge is 2.56. The molecule has 0 heterocycles. The lowest BCUT2D eigenvalue weighted by Gasteiger charge is -2.30. The zero-order valence-electron chi connectivity index (χ0n) is 10.1. The van der Waals surface area contributed by atoms with Crippen LogP contribution in [0.1, 0.15) is 32.6 Å². The Morgan fingerprint density at radius 2 is 2.38 bits per heavy atom. The Labute approximate surface area is 96.4 Å². The molecule has 2 N–H and O–H groups in total. The predicted molar refractivity (Wildman–Crippen MR) is 60.2 cm³/mol. The van der Waals surface area contributed by atoms with Crippen LogP contribution >= 0.6 is 0 Å². The summed E-state index contributed by atoms with van der Waals surface area (Å²) >= 11 is 0. The van der Waals surface area contributed by atoms with Gasteiger partial charge in [0, 0.05) is 18.4 Å². The second-order valence-corrected chi connectivity index (χ2v) is 5.43. The number of fused-ring (bicyclic) bond motifs is 1. The summed E-state index contributed by atoms with van der Waals surface area (Å²) in [4.78, 5) is 11.5. The molecule has 2 fully saturated rings. The molecule has 0 radical (unpaired) electrons. The molecule has 16 heavy (non-hydrogen) atoms. The molecule has 0 aromatic rings. The van der Waals surface area contributed by atoms with Gasteiger partial charge in [0.2, 0.25) is 0 Å². The topological polar surface area (TPSA) is 58.6 Å². The molecule has 2 aliphatic carbocycles. The second kappa shape index (κ2) is 4.09. The summed E-state index contributed by atoms with van der Waals surface area (Å²) in [6.07, 6.45) is 3.09. The molecule has 2 saturated carbocycles. The number of ether oxygens (including phenoxy) is 1. The van der Waals surface area contributed by atoms with E-state index in [1.54, 1.807) is 0 Å². The van der Waals surface area contributed by atoms with Crippen LogP contribution in [0.2, 0.25) is 0 Å². The smallest absolute Gasteiger partial charge is 0.135 e. The summed E-state index contributed by atoms with van der Waals surface area (Å²) in [6, 6.07) is 0. The van der Waals surface area contributed by atoms with Crippen molar-refractivity contribution in [2.45, 2.75) is 43.7 Å². The van der Waals surface area contributed by atoms with E-state index in [2.05, 4.69) is 12.2 Å². The molecule has 0 aromatic heterocycles. The summed E-state index contributed by atoms with van der Waals surface area (Å²) in [5.41, 5.74) is -0.238. The van der Waals surface area contributed by atoms with E-state index in [4.69, 9.17) is 9.84 Å². The third kappa shape index (κ3) is 1.90. The molecule has 0 aromatic carbocycles. The maximum absolute atomic E-state index is 11.5. The Morgan fingerprint density at radius 3 is 2.94 bits per heavy atom. The van der Waals surface area contributed by atoms with Crippen LogP contribution in [0, 0.1) is 5.92 Å². The van der Waals surface area contributed by atoms with Crippen molar-refractivity contribution >= 4 is 5.78 Å². The fraction of sp³-hybridized carbons (Fsp3) is 0.917. The number of aliphatic hydroxyl groups is 1. The zero-order chi connectivity index (χ0) is 11.8. The normalized spacial score (nSPS) is 42.7. The summed E-state index contributed by atoms with van der Waals surface area (Å²) in [6.45, 7) is 2.53. The number of carbonyl (C=O) groups is 1. The van der Waals surface area contributed by atoms with Crippen molar-refractivity contribution in [3.63, 3.8) is 0 Å². The standard InChI is InChI=1S/C12H21NO3/c1-11(16-4-3-14)6-9-5-10(15)7-12(9,8-11)13-2/h9,13-14H,3-8H2,1-2H3/t9-,11?,12-/m0/s1. The van der Waals surface area contributed by atoms with E-state index in [0.717, 1.165) is 12.8 Å². The Morgan fingerprint density at radius 1 is 1.62 bits per heavy atom. The lowest BCUT2D eigenvalue weighted by molar-refractivity contribution is -0.118. The molecule has 2 aliphatic rings. The maximum atomic E-state index is 11.5. The van der Waals surface area contributed by atoms with Crippen LogP contribution in [0.3, 0.4) is 0 Å². The van der Waals surface area contributed by atoms with E-state index < -0.39 is 0 Å². The highest BCUT2D eigenvalue weighted by molar-refractivity contribution is 5.83. The molecule has 0 spiro atoms. The van der Waals surface area contributed by atoms with Crippen LogP contribution < -0.4 is 5.32 Å². The Balaban J connectivity index is 2.08. The van der Waals surface area contributed by atoms with Gasteiger partial charge < -0.3 is 15.2 Å². The van der Waals surface area contributed by atoms with Crippen LogP contribution in [0.4, 0.5) is 0 Å². The predicted octanol–water partition coefficient (Wildman–Crippen LogP) is 0.485. The first kappa shape index (κ1) is 12.0. The molecule has 1 unspecified atom stereocenters. The molecule has 2 rings (SSSR count). The van der Waals surface area contributed by atoms with E-state index in [9.17, 15) is 4.79 Å². The number of aliphatic hydroxyl groups excluding tert-OH is 1. The first-order chi connectivity index (χ1) is 7.53. The van der Waals surface area contributed by atoms with Gasteiger partial charge in [-0.05, 0) is 32.7 Å². The minimum Gasteiger partial charge on any atom is -0.394 e. The van der Waals surface area contributed by atoms with Gasteiger partial charge in [-0.1, -0.05) is 0 Å². The molecule has 3 atom stereocenters. The molecule has 4 nitrogen and oxygen atoms in total. The van der Waals surface area contributed by atoms with E-state index in [1.807, 2.05) is 7.05 Å². The Kier molecular flexibility index (Phi) is 3.07. The number of ketones is 1. The minimum atomic E-state index is -0.183. The van der Waals surface area contributed by atoms with Crippen LogP contribution in [0.15, 0.2) is 0 Å². The summed E-state index contributed by atoms with van der Waals surface area (Å²) < 4.78 is 5.74. The Hall–Kier alpha value is -0.450. The molecule has 0 aliphatic heterocycles.